The molecule has 3 heterocycles. The largest absolute Gasteiger partial charge is 0.507 e. The Morgan fingerprint density at radius 3 is 2.51 bits per heavy atom. The van der Waals surface area contributed by atoms with Crippen LogP contribution in [-0.2, 0) is 11.2 Å². The van der Waals surface area contributed by atoms with Crippen molar-refractivity contribution in [3.8, 4) is 22.9 Å². The Balaban J connectivity index is 1.59. The number of phenolic OH excluding ortho intramolecular Hbond substituents is 1. The van der Waals surface area contributed by atoms with Gasteiger partial charge in [0.2, 0.25) is 6.41 Å². The summed E-state index contributed by atoms with van der Waals surface area (Å²) >= 11 is 0. The molecule has 0 bridgehead atoms. The van der Waals surface area contributed by atoms with Crippen molar-refractivity contribution in [1.29, 1.82) is 0 Å². The lowest BCUT2D eigenvalue weighted by molar-refractivity contribution is -0.118. The summed E-state index contributed by atoms with van der Waals surface area (Å²) in [5, 5.41) is 10.8. The van der Waals surface area contributed by atoms with Crippen molar-refractivity contribution in [2.75, 3.05) is 37.7 Å². The van der Waals surface area contributed by atoms with Crippen molar-refractivity contribution in [2.45, 2.75) is 13.3 Å². The van der Waals surface area contributed by atoms with Crippen LogP contribution in [0.25, 0.3) is 22.0 Å². The number of aryl methyl sites for hydroxylation is 1. The first-order valence-corrected chi connectivity index (χ1v) is 11.8. The molecule has 1 saturated heterocycles. The molecular formula is C26H24F2N6O3. The molecule has 1 aliphatic rings. The first-order valence-electron chi connectivity index (χ1n) is 11.8. The number of piperazine rings is 1. The van der Waals surface area contributed by atoms with Gasteiger partial charge >= 0.3 is 6.01 Å². The smallest absolute Gasteiger partial charge is 0.319 e. The molecule has 1 fully saturated rings. The summed E-state index contributed by atoms with van der Waals surface area (Å²) in [5.74, 6) is -0.887. The molecular weight excluding hydrogens is 482 g/mol. The quantitative estimate of drug-likeness (QED) is 0.381. The third-order valence-electron chi connectivity index (χ3n) is 6.27. The Morgan fingerprint density at radius 2 is 1.81 bits per heavy atom. The van der Waals surface area contributed by atoms with E-state index < -0.39 is 11.6 Å². The van der Waals surface area contributed by atoms with Gasteiger partial charge < -0.3 is 19.6 Å². The zero-order valence-corrected chi connectivity index (χ0v) is 20.1. The van der Waals surface area contributed by atoms with Crippen LogP contribution in [0, 0.1) is 18.6 Å². The lowest BCUT2D eigenvalue weighted by atomic mass is 9.96. The second-order valence-corrected chi connectivity index (χ2v) is 8.63. The van der Waals surface area contributed by atoms with E-state index in [1.165, 1.54) is 12.1 Å². The summed E-state index contributed by atoms with van der Waals surface area (Å²) in [6.45, 7) is 3.74. The van der Waals surface area contributed by atoms with Crippen LogP contribution < -0.4 is 9.64 Å². The molecule has 5 rings (SSSR count). The van der Waals surface area contributed by atoms with Crippen molar-refractivity contribution in [2.24, 2.45) is 0 Å². The highest BCUT2D eigenvalue weighted by Gasteiger charge is 2.26. The van der Waals surface area contributed by atoms with E-state index in [2.05, 4.69) is 19.9 Å². The van der Waals surface area contributed by atoms with Crippen molar-refractivity contribution < 1.29 is 23.4 Å². The van der Waals surface area contributed by atoms with Gasteiger partial charge in [-0.25, -0.2) is 18.7 Å². The number of halogens is 2. The second-order valence-electron chi connectivity index (χ2n) is 8.63. The van der Waals surface area contributed by atoms with E-state index >= 15 is 4.39 Å². The van der Waals surface area contributed by atoms with Gasteiger partial charge in [0, 0.05) is 55.9 Å². The summed E-state index contributed by atoms with van der Waals surface area (Å²) in [4.78, 5) is 32.0. The van der Waals surface area contributed by atoms with Crippen LogP contribution in [0.2, 0.25) is 0 Å². The molecule has 11 heteroatoms. The highest BCUT2D eigenvalue weighted by Crippen LogP contribution is 2.40. The van der Waals surface area contributed by atoms with Crippen LogP contribution in [0.15, 0.2) is 42.7 Å². The van der Waals surface area contributed by atoms with E-state index in [1.54, 1.807) is 36.4 Å². The Bertz CT molecular complexity index is 1430. The van der Waals surface area contributed by atoms with Crippen LogP contribution in [0.4, 0.5) is 14.6 Å². The van der Waals surface area contributed by atoms with Gasteiger partial charge in [-0.05, 0) is 36.8 Å². The van der Waals surface area contributed by atoms with Gasteiger partial charge in [-0.3, -0.25) is 4.79 Å². The van der Waals surface area contributed by atoms with Crippen molar-refractivity contribution >= 4 is 23.1 Å². The predicted octanol–water partition coefficient (Wildman–Crippen LogP) is 3.28. The number of carbonyl (C=O) groups excluding carboxylic acids is 1. The molecule has 9 nitrogen and oxygen atoms in total. The topological polar surface area (TPSA) is 105 Å². The van der Waals surface area contributed by atoms with Gasteiger partial charge in [-0.1, -0.05) is 6.07 Å². The Labute approximate surface area is 211 Å². The first-order chi connectivity index (χ1) is 18.0. The monoisotopic (exact) mass is 506 g/mol. The Hall–Kier alpha value is -4.41. The molecule has 0 atom stereocenters. The van der Waals surface area contributed by atoms with E-state index in [4.69, 9.17) is 4.74 Å². The molecule has 1 amide bonds. The number of carbonyl (C=O) groups is 1. The Morgan fingerprint density at radius 1 is 1.05 bits per heavy atom. The summed E-state index contributed by atoms with van der Waals surface area (Å²) in [6, 6.07) is 7.16. The number of fused-ring (bicyclic) bond motifs is 1. The van der Waals surface area contributed by atoms with Crippen molar-refractivity contribution in [1.82, 2.24) is 24.8 Å². The highest BCUT2D eigenvalue weighted by molar-refractivity contribution is 5.95. The number of ether oxygens (including phenoxy) is 1. The third-order valence-corrected chi connectivity index (χ3v) is 6.27. The molecule has 37 heavy (non-hydrogen) atoms. The Kier molecular flexibility index (Phi) is 6.76. The maximum absolute atomic E-state index is 16.1. The van der Waals surface area contributed by atoms with Gasteiger partial charge in [0.05, 0.1) is 12.2 Å². The molecule has 0 unspecified atom stereocenters. The van der Waals surface area contributed by atoms with E-state index in [1.807, 2.05) is 4.90 Å². The zero-order valence-electron chi connectivity index (χ0n) is 20.1. The fourth-order valence-corrected chi connectivity index (χ4v) is 4.42. The molecule has 0 saturated carbocycles. The minimum atomic E-state index is -0.790. The number of nitrogens with zero attached hydrogens (tertiary/aromatic N) is 6. The zero-order chi connectivity index (χ0) is 25.9. The van der Waals surface area contributed by atoms with E-state index in [0.717, 1.165) is 12.5 Å². The number of amides is 1. The molecule has 4 aromatic rings. The minimum Gasteiger partial charge on any atom is -0.507 e. The second kappa shape index (κ2) is 10.3. The SMILES string of the molecule is Cc1cc2c(N3CCN(C=O)CC3)nc(OCCc3ncccn3)nc2c(F)c1-c1c(O)cccc1F. The van der Waals surface area contributed by atoms with E-state index in [9.17, 15) is 14.3 Å². The summed E-state index contributed by atoms with van der Waals surface area (Å²) in [5.41, 5.74) is 0.0405. The number of aromatic hydroxyl groups is 1. The maximum Gasteiger partial charge on any atom is 0.319 e. The van der Waals surface area contributed by atoms with Gasteiger partial charge in [-0.2, -0.15) is 9.97 Å². The van der Waals surface area contributed by atoms with Gasteiger partial charge in [0.15, 0.2) is 5.82 Å². The molecule has 0 radical (unpaired) electrons. The normalized spacial score (nSPS) is 13.7. The fourth-order valence-electron chi connectivity index (χ4n) is 4.42. The lowest BCUT2D eigenvalue weighted by Crippen LogP contribution is -2.46. The number of benzene rings is 2. The third kappa shape index (κ3) is 4.84. The van der Waals surface area contributed by atoms with Gasteiger partial charge in [0.25, 0.3) is 0 Å². The summed E-state index contributed by atoms with van der Waals surface area (Å²) in [7, 11) is 0. The molecule has 2 aromatic heterocycles. The average Bonchev–Trinajstić information content (AvgIpc) is 2.91. The number of hydrogen-bond donors (Lipinski definition) is 1. The summed E-state index contributed by atoms with van der Waals surface area (Å²) < 4.78 is 36.6. The lowest BCUT2D eigenvalue weighted by Gasteiger charge is -2.34. The van der Waals surface area contributed by atoms with Gasteiger partial charge in [0.1, 0.15) is 28.7 Å². The van der Waals surface area contributed by atoms with Crippen LogP contribution in [0.3, 0.4) is 0 Å². The molecule has 2 aromatic carbocycles. The van der Waals surface area contributed by atoms with E-state index in [-0.39, 0.29) is 35.0 Å². The molecule has 0 spiro atoms. The number of phenols is 1. The van der Waals surface area contributed by atoms with Crippen LogP contribution >= 0.6 is 0 Å². The number of anilines is 1. The summed E-state index contributed by atoms with van der Waals surface area (Å²) in [6.07, 6.45) is 4.44. The van der Waals surface area contributed by atoms with Crippen LogP contribution in [0.1, 0.15) is 11.4 Å². The average molecular weight is 507 g/mol. The molecule has 1 aliphatic heterocycles. The highest BCUT2D eigenvalue weighted by atomic mass is 19.1. The maximum atomic E-state index is 16.1. The standard InChI is InChI=1S/C26H24F2N6O3/c1-16-14-17-24(23(28)21(16)22-18(27)4-2-5-19(22)36)31-26(37-13-6-20-29-7-3-8-30-20)32-25(17)34-11-9-33(15-35)10-12-34/h2-5,7-8,14-15,36H,6,9-13H2,1H3. The fraction of sp³-hybridized carbons (Fsp3) is 0.269. The van der Waals surface area contributed by atoms with Crippen LogP contribution in [-0.4, -0.2) is 69.1 Å². The number of aromatic nitrogens is 4. The number of rotatable bonds is 7. The van der Waals surface area contributed by atoms with Crippen molar-refractivity contribution in [3.63, 3.8) is 0 Å². The van der Waals surface area contributed by atoms with Gasteiger partial charge in [-0.15, -0.1) is 0 Å². The number of hydrogen-bond acceptors (Lipinski definition) is 8. The first kappa shape index (κ1) is 24.3. The minimum absolute atomic E-state index is 0.0530. The van der Waals surface area contributed by atoms with Crippen molar-refractivity contribution in [3.05, 3.63) is 65.7 Å². The molecule has 0 aliphatic carbocycles. The molecule has 190 valence electrons. The molecule has 1 N–H and O–H groups in total. The van der Waals surface area contributed by atoms with Crippen LogP contribution in [0.5, 0.6) is 11.8 Å². The predicted molar refractivity (Wildman–Crippen MR) is 132 cm³/mol. The van der Waals surface area contributed by atoms with E-state index in [0.29, 0.717) is 55.2 Å².